The minimum absolute atomic E-state index is 0.184. The van der Waals surface area contributed by atoms with Crippen LogP contribution in [0.1, 0.15) is 116 Å². The number of carbonyl (C=O) groups excluding carboxylic acids is 4. The first kappa shape index (κ1) is 30.1. The first-order chi connectivity index (χ1) is 17.6. The fraction of sp³-hybridized carbons (Fsp3) is 0.857. The highest BCUT2D eigenvalue weighted by atomic mass is 16.5. The van der Waals surface area contributed by atoms with E-state index in [1.54, 1.807) is 0 Å². The van der Waals surface area contributed by atoms with Crippen LogP contribution in [0.5, 0.6) is 0 Å². The normalized spacial score (nSPS) is 25.3. The van der Waals surface area contributed by atoms with Crippen molar-refractivity contribution in [3.63, 3.8) is 0 Å². The molecule has 2 aliphatic rings. The van der Waals surface area contributed by atoms with Crippen molar-refractivity contribution in [2.75, 3.05) is 26.4 Å². The number of hydrogen-bond donors (Lipinski definition) is 0. The Morgan fingerprint density at radius 1 is 0.472 bits per heavy atom. The Hall–Kier alpha value is -2.12. The van der Waals surface area contributed by atoms with Gasteiger partial charge in [0, 0.05) is 12.8 Å². The van der Waals surface area contributed by atoms with Crippen LogP contribution in [0.25, 0.3) is 0 Å². The molecule has 0 aromatic carbocycles. The molecule has 36 heavy (non-hydrogen) atoms. The average molecular weight is 511 g/mol. The van der Waals surface area contributed by atoms with Crippen LogP contribution in [0.3, 0.4) is 0 Å². The van der Waals surface area contributed by atoms with Crippen LogP contribution in [-0.2, 0) is 38.1 Å². The zero-order valence-corrected chi connectivity index (χ0v) is 22.0. The molecule has 2 saturated heterocycles. The van der Waals surface area contributed by atoms with E-state index < -0.39 is 0 Å². The molecule has 0 amide bonds. The number of unbranched alkanes of at least 4 members (excludes halogenated alkanes) is 1. The van der Waals surface area contributed by atoms with E-state index in [9.17, 15) is 19.2 Å². The van der Waals surface area contributed by atoms with Crippen molar-refractivity contribution in [3.8, 4) is 0 Å². The number of rotatable bonds is 5. The molecule has 0 spiro atoms. The molecule has 2 unspecified atom stereocenters. The summed E-state index contributed by atoms with van der Waals surface area (Å²) >= 11 is 0. The molecule has 2 atom stereocenters. The third-order valence-electron chi connectivity index (χ3n) is 6.98. The van der Waals surface area contributed by atoms with E-state index in [-0.39, 0.29) is 35.7 Å². The molecule has 0 N–H and O–H groups in total. The smallest absolute Gasteiger partial charge is 0.308 e. The van der Waals surface area contributed by atoms with Gasteiger partial charge in [-0.05, 0) is 89.9 Å². The second-order valence-corrected chi connectivity index (χ2v) is 10.1. The molecule has 8 heteroatoms. The van der Waals surface area contributed by atoms with Crippen molar-refractivity contribution >= 4 is 23.9 Å². The summed E-state index contributed by atoms with van der Waals surface area (Å²) in [4.78, 5) is 49.1. The van der Waals surface area contributed by atoms with E-state index in [4.69, 9.17) is 18.9 Å². The minimum Gasteiger partial charge on any atom is -0.466 e. The number of carbonyl (C=O) groups is 4. The number of cyclic esters (lactones) is 4. The predicted molar refractivity (Wildman–Crippen MR) is 134 cm³/mol. The van der Waals surface area contributed by atoms with Gasteiger partial charge >= 0.3 is 23.9 Å². The molecule has 0 aliphatic carbocycles. The zero-order valence-electron chi connectivity index (χ0n) is 22.0. The Kier molecular flexibility index (Phi) is 15.9. The third-order valence-corrected chi connectivity index (χ3v) is 6.98. The maximum absolute atomic E-state index is 12.7. The van der Waals surface area contributed by atoms with Crippen molar-refractivity contribution < 1.29 is 38.1 Å². The van der Waals surface area contributed by atoms with Gasteiger partial charge in [-0.1, -0.05) is 12.8 Å². The Labute approximate surface area is 216 Å². The van der Waals surface area contributed by atoms with Crippen LogP contribution < -0.4 is 0 Å². The van der Waals surface area contributed by atoms with Crippen molar-refractivity contribution in [3.05, 3.63) is 0 Å². The molecule has 0 saturated carbocycles. The largest absolute Gasteiger partial charge is 0.466 e. The Morgan fingerprint density at radius 2 is 0.833 bits per heavy atom. The van der Waals surface area contributed by atoms with E-state index in [1.807, 2.05) is 0 Å². The van der Waals surface area contributed by atoms with Gasteiger partial charge in [-0.2, -0.15) is 0 Å². The monoisotopic (exact) mass is 510 g/mol. The summed E-state index contributed by atoms with van der Waals surface area (Å²) in [7, 11) is 0. The summed E-state index contributed by atoms with van der Waals surface area (Å²) in [6, 6.07) is 0. The highest BCUT2D eigenvalue weighted by molar-refractivity contribution is 5.73. The Bertz CT molecular complexity index is 606. The lowest BCUT2D eigenvalue weighted by atomic mass is 9.91. The summed E-state index contributed by atoms with van der Waals surface area (Å²) < 4.78 is 21.6. The number of esters is 4. The van der Waals surface area contributed by atoms with Gasteiger partial charge in [0.25, 0.3) is 0 Å². The van der Waals surface area contributed by atoms with Crippen molar-refractivity contribution in [2.45, 2.75) is 116 Å². The zero-order chi connectivity index (χ0) is 25.8. The van der Waals surface area contributed by atoms with Gasteiger partial charge in [-0.25, -0.2) is 0 Å². The summed E-state index contributed by atoms with van der Waals surface area (Å²) in [6.07, 6.45) is 13.1. The first-order valence-electron chi connectivity index (χ1n) is 14.2. The van der Waals surface area contributed by atoms with Gasteiger partial charge in [0.2, 0.25) is 0 Å². The maximum Gasteiger partial charge on any atom is 0.308 e. The van der Waals surface area contributed by atoms with Crippen LogP contribution in [0, 0.1) is 11.8 Å². The van der Waals surface area contributed by atoms with E-state index in [2.05, 4.69) is 0 Å². The highest BCUT2D eigenvalue weighted by Gasteiger charge is 2.23. The molecule has 2 aliphatic heterocycles. The predicted octanol–water partition coefficient (Wildman–Crippen LogP) is 5.44. The van der Waals surface area contributed by atoms with E-state index in [0.717, 1.165) is 64.2 Å². The second kappa shape index (κ2) is 19.1. The van der Waals surface area contributed by atoms with Crippen LogP contribution in [0.2, 0.25) is 0 Å². The SMILES string of the molecule is O=C1CCCC(CCCCC2CCCC(=O)OCCCCCCOC2=O)C(=O)OCCCCCCO1. The third kappa shape index (κ3) is 13.8. The standard InChI is InChI=1S/C28H46O8/c29-25-17-11-15-23(27(31)35-21-9-3-1-7-19-33-25)13-5-6-14-24-16-12-18-26(30)34-20-8-2-4-10-22-36-28(24)32/h23-24H,1-22H2. The lowest BCUT2D eigenvalue weighted by Crippen LogP contribution is -2.21. The minimum atomic E-state index is -0.244. The van der Waals surface area contributed by atoms with Gasteiger partial charge in [-0.3, -0.25) is 19.2 Å². The molecule has 0 radical (unpaired) electrons. The molecule has 0 aromatic heterocycles. The topological polar surface area (TPSA) is 105 Å². The fourth-order valence-electron chi connectivity index (χ4n) is 4.74. The fourth-order valence-corrected chi connectivity index (χ4v) is 4.74. The molecular formula is C28H46O8. The molecule has 0 bridgehead atoms. The quantitative estimate of drug-likeness (QED) is 0.273. The molecule has 8 nitrogen and oxygen atoms in total. The highest BCUT2D eigenvalue weighted by Crippen LogP contribution is 2.24. The number of ether oxygens (including phenoxy) is 4. The van der Waals surface area contributed by atoms with Gasteiger partial charge < -0.3 is 18.9 Å². The summed E-state index contributed by atoms with van der Waals surface area (Å²) in [5, 5.41) is 0. The van der Waals surface area contributed by atoms with Gasteiger partial charge in [0.15, 0.2) is 0 Å². The van der Waals surface area contributed by atoms with E-state index in [1.165, 1.54) is 0 Å². The molecule has 206 valence electrons. The van der Waals surface area contributed by atoms with Gasteiger partial charge in [-0.15, -0.1) is 0 Å². The van der Waals surface area contributed by atoms with Crippen molar-refractivity contribution in [1.29, 1.82) is 0 Å². The average Bonchev–Trinajstić information content (AvgIpc) is 2.86. The molecule has 0 aromatic rings. The van der Waals surface area contributed by atoms with Crippen LogP contribution in [0.4, 0.5) is 0 Å². The summed E-state index contributed by atoms with van der Waals surface area (Å²) in [5.41, 5.74) is 0. The molecular weight excluding hydrogens is 464 g/mol. The van der Waals surface area contributed by atoms with Gasteiger partial charge in [0.1, 0.15) is 0 Å². The number of hydrogen-bond acceptors (Lipinski definition) is 8. The first-order valence-corrected chi connectivity index (χ1v) is 14.2. The molecule has 2 heterocycles. The van der Waals surface area contributed by atoms with Crippen molar-refractivity contribution in [1.82, 2.24) is 0 Å². The van der Waals surface area contributed by atoms with Crippen molar-refractivity contribution in [2.24, 2.45) is 11.8 Å². The Balaban J connectivity index is 1.81. The molecule has 2 rings (SSSR count). The lowest BCUT2D eigenvalue weighted by Gasteiger charge is -2.18. The van der Waals surface area contributed by atoms with Crippen LogP contribution in [-0.4, -0.2) is 50.3 Å². The van der Waals surface area contributed by atoms with Gasteiger partial charge in [0.05, 0.1) is 38.3 Å². The Morgan fingerprint density at radius 3 is 1.22 bits per heavy atom. The second-order valence-electron chi connectivity index (χ2n) is 10.1. The summed E-state index contributed by atoms with van der Waals surface area (Å²) in [5.74, 6) is -1.25. The maximum atomic E-state index is 12.7. The summed E-state index contributed by atoms with van der Waals surface area (Å²) in [6.45, 7) is 1.80. The van der Waals surface area contributed by atoms with E-state index in [0.29, 0.717) is 77.8 Å². The molecule has 2 fully saturated rings. The van der Waals surface area contributed by atoms with Crippen LogP contribution in [0.15, 0.2) is 0 Å². The lowest BCUT2D eigenvalue weighted by molar-refractivity contribution is -0.151. The van der Waals surface area contributed by atoms with E-state index >= 15 is 0 Å². The van der Waals surface area contributed by atoms with Crippen LogP contribution >= 0.6 is 0 Å².